The van der Waals surface area contributed by atoms with Gasteiger partial charge < -0.3 is 5.11 Å². The highest BCUT2D eigenvalue weighted by molar-refractivity contribution is 5.42. The van der Waals surface area contributed by atoms with E-state index in [1.807, 2.05) is 0 Å². The Morgan fingerprint density at radius 1 is 1.75 bits per heavy atom. The molecular weight excluding hydrogens is 152 g/mol. The standard InChI is InChI=1S/C9H8N2O/c1-2-3-7-4-5-11-8(6-10)9(7)12/h2,4-5,12H,1,3H2. The maximum absolute atomic E-state index is 9.39. The summed E-state index contributed by atoms with van der Waals surface area (Å²) in [5.74, 6) is -0.0418. The molecular formula is C9H8N2O. The van der Waals surface area contributed by atoms with Crippen molar-refractivity contribution >= 4 is 0 Å². The van der Waals surface area contributed by atoms with Crippen LogP contribution in [0.1, 0.15) is 11.3 Å². The van der Waals surface area contributed by atoms with Gasteiger partial charge in [-0.1, -0.05) is 6.08 Å². The van der Waals surface area contributed by atoms with Crippen LogP contribution in [0.3, 0.4) is 0 Å². The molecule has 12 heavy (non-hydrogen) atoms. The Kier molecular flexibility index (Phi) is 2.44. The number of nitrogens with zero attached hydrogens (tertiary/aromatic N) is 2. The van der Waals surface area contributed by atoms with Crippen molar-refractivity contribution in [3.8, 4) is 11.8 Å². The van der Waals surface area contributed by atoms with Crippen LogP contribution >= 0.6 is 0 Å². The first kappa shape index (κ1) is 8.28. The molecule has 1 rings (SSSR count). The normalized spacial score (nSPS) is 8.92. The first-order chi connectivity index (χ1) is 5.79. The van der Waals surface area contributed by atoms with Crippen LogP contribution in [0.2, 0.25) is 0 Å². The number of aromatic nitrogens is 1. The highest BCUT2D eigenvalue weighted by atomic mass is 16.3. The van der Waals surface area contributed by atoms with Gasteiger partial charge in [0.15, 0.2) is 11.4 Å². The first-order valence-corrected chi connectivity index (χ1v) is 3.47. The summed E-state index contributed by atoms with van der Waals surface area (Å²) in [6.45, 7) is 3.54. The summed E-state index contributed by atoms with van der Waals surface area (Å²) in [5, 5.41) is 17.9. The lowest BCUT2D eigenvalue weighted by molar-refractivity contribution is 0.465. The number of nitriles is 1. The average Bonchev–Trinajstić information content (AvgIpc) is 2.09. The molecule has 0 fully saturated rings. The van der Waals surface area contributed by atoms with E-state index in [0.29, 0.717) is 12.0 Å². The first-order valence-electron chi connectivity index (χ1n) is 3.47. The molecule has 0 spiro atoms. The Morgan fingerprint density at radius 2 is 2.50 bits per heavy atom. The van der Waals surface area contributed by atoms with Crippen LogP contribution < -0.4 is 0 Å². The van der Waals surface area contributed by atoms with E-state index in [2.05, 4.69) is 11.6 Å². The van der Waals surface area contributed by atoms with E-state index in [0.717, 1.165) is 0 Å². The maximum Gasteiger partial charge on any atom is 0.182 e. The molecule has 0 aromatic carbocycles. The van der Waals surface area contributed by atoms with Gasteiger partial charge in [0.25, 0.3) is 0 Å². The van der Waals surface area contributed by atoms with Crippen LogP contribution in [0.15, 0.2) is 24.9 Å². The zero-order chi connectivity index (χ0) is 8.97. The third-order valence-corrected chi connectivity index (χ3v) is 1.48. The molecule has 0 aliphatic rings. The van der Waals surface area contributed by atoms with E-state index in [-0.39, 0.29) is 11.4 Å². The second kappa shape index (κ2) is 3.54. The quantitative estimate of drug-likeness (QED) is 0.665. The molecule has 60 valence electrons. The minimum Gasteiger partial charge on any atom is -0.505 e. The van der Waals surface area contributed by atoms with Crippen molar-refractivity contribution in [2.45, 2.75) is 6.42 Å². The van der Waals surface area contributed by atoms with Gasteiger partial charge >= 0.3 is 0 Å². The lowest BCUT2D eigenvalue weighted by Crippen LogP contribution is -1.88. The molecule has 1 aromatic rings. The zero-order valence-corrected chi connectivity index (χ0v) is 6.49. The summed E-state index contributed by atoms with van der Waals surface area (Å²) >= 11 is 0. The van der Waals surface area contributed by atoms with Gasteiger partial charge in [0.05, 0.1) is 0 Å². The van der Waals surface area contributed by atoms with Crippen molar-refractivity contribution in [1.29, 1.82) is 5.26 Å². The Bertz CT molecular complexity index is 339. The van der Waals surface area contributed by atoms with Crippen LogP contribution in [0.25, 0.3) is 0 Å². The van der Waals surface area contributed by atoms with Crippen molar-refractivity contribution in [2.75, 3.05) is 0 Å². The Morgan fingerprint density at radius 3 is 3.08 bits per heavy atom. The van der Waals surface area contributed by atoms with Crippen LogP contribution in [0.5, 0.6) is 5.75 Å². The number of rotatable bonds is 2. The highest BCUT2D eigenvalue weighted by Gasteiger charge is 2.05. The van der Waals surface area contributed by atoms with Gasteiger partial charge in [-0.15, -0.1) is 6.58 Å². The fourth-order valence-corrected chi connectivity index (χ4v) is 0.896. The van der Waals surface area contributed by atoms with E-state index in [1.165, 1.54) is 6.20 Å². The van der Waals surface area contributed by atoms with Crippen molar-refractivity contribution in [1.82, 2.24) is 4.98 Å². The Labute approximate surface area is 70.6 Å². The Hall–Kier alpha value is -1.82. The molecule has 0 amide bonds. The fourth-order valence-electron chi connectivity index (χ4n) is 0.896. The molecule has 0 aliphatic carbocycles. The number of allylic oxidation sites excluding steroid dienone is 1. The van der Waals surface area contributed by atoms with Gasteiger partial charge in [0.1, 0.15) is 6.07 Å². The minimum atomic E-state index is -0.0418. The Balaban J connectivity index is 3.15. The van der Waals surface area contributed by atoms with Crippen molar-refractivity contribution < 1.29 is 5.11 Å². The molecule has 3 nitrogen and oxygen atoms in total. The van der Waals surface area contributed by atoms with Crippen LogP contribution in [-0.2, 0) is 6.42 Å². The zero-order valence-electron chi connectivity index (χ0n) is 6.49. The third kappa shape index (κ3) is 1.43. The van der Waals surface area contributed by atoms with Gasteiger partial charge in [0, 0.05) is 11.8 Å². The summed E-state index contributed by atoms with van der Waals surface area (Å²) in [6, 6.07) is 3.46. The SMILES string of the molecule is C=CCc1ccnc(C#N)c1O. The molecule has 3 heteroatoms. The average molecular weight is 160 g/mol. The number of pyridine rings is 1. The topological polar surface area (TPSA) is 56.9 Å². The predicted octanol–water partition coefficient (Wildman–Crippen LogP) is 1.39. The van der Waals surface area contributed by atoms with Crippen LogP contribution in [0.4, 0.5) is 0 Å². The lowest BCUT2D eigenvalue weighted by Gasteiger charge is -2.00. The molecule has 1 N–H and O–H groups in total. The van der Waals surface area contributed by atoms with E-state index in [9.17, 15) is 5.11 Å². The highest BCUT2D eigenvalue weighted by Crippen LogP contribution is 2.19. The predicted molar refractivity (Wildman–Crippen MR) is 44.5 cm³/mol. The smallest absolute Gasteiger partial charge is 0.182 e. The number of aromatic hydroxyl groups is 1. The van der Waals surface area contributed by atoms with Gasteiger partial charge in [-0.05, 0) is 12.5 Å². The van der Waals surface area contributed by atoms with Gasteiger partial charge in [-0.2, -0.15) is 5.26 Å². The van der Waals surface area contributed by atoms with E-state index in [4.69, 9.17) is 5.26 Å². The monoisotopic (exact) mass is 160 g/mol. The van der Waals surface area contributed by atoms with Gasteiger partial charge in [0.2, 0.25) is 0 Å². The molecule has 0 saturated carbocycles. The third-order valence-electron chi connectivity index (χ3n) is 1.48. The summed E-state index contributed by atoms with van der Waals surface area (Å²) in [6.07, 6.45) is 3.70. The molecule has 0 saturated heterocycles. The second-order valence-corrected chi connectivity index (χ2v) is 2.27. The summed E-state index contributed by atoms with van der Waals surface area (Å²) < 4.78 is 0. The van der Waals surface area contributed by atoms with E-state index < -0.39 is 0 Å². The maximum atomic E-state index is 9.39. The van der Waals surface area contributed by atoms with E-state index in [1.54, 1.807) is 18.2 Å². The van der Waals surface area contributed by atoms with Gasteiger partial charge in [-0.25, -0.2) is 4.98 Å². The molecule has 0 bridgehead atoms. The molecule has 0 radical (unpaired) electrons. The summed E-state index contributed by atoms with van der Waals surface area (Å²) in [5.41, 5.74) is 0.742. The van der Waals surface area contributed by atoms with Crippen molar-refractivity contribution in [3.63, 3.8) is 0 Å². The molecule has 1 aromatic heterocycles. The number of hydrogen-bond donors (Lipinski definition) is 1. The summed E-state index contributed by atoms with van der Waals surface area (Å²) in [4.78, 5) is 3.69. The molecule has 0 atom stereocenters. The van der Waals surface area contributed by atoms with Crippen molar-refractivity contribution in [2.24, 2.45) is 0 Å². The fraction of sp³-hybridized carbons (Fsp3) is 0.111. The van der Waals surface area contributed by atoms with Gasteiger partial charge in [-0.3, -0.25) is 0 Å². The minimum absolute atomic E-state index is 0.0418. The lowest BCUT2D eigenvalue weighted by atomic mass is 10.1. The number of hydrogen-bond acceptors (Lipinski definition) is 3. The largest absolute Gasteiger partial charge is 0.505 e. The van der Waals surface area contributed by atoms with Crippen molar-refractivity contribution in [3.05, 3.63) is 36.2 Å². The van der Waals surface area contributed by atoms with Crippen LogP contribution in [0, 0.1) is 11.3 Å². The molecule has 0 aliphatic heterocycles. The second-order valence-electron chi connectivity index (χ2n) is 2.27. The van der Waals surface area contributed by atoms with E-state index >= 15 is 0 Å². The molecule has 1 heterocycles. The van der Waals surface area contributed by atoms with Crippen LogP contribution in [-0.4, -0.2) is 10.1 Å². The molecule has 0 unspecified atom stereocenters. The summed E-state index contributed by atoms with van der Waals surface area (Å²) in [7, 11) is 0.